The number of aliphatic hydroxyl groups is 1. The highest BCUT2D eigenvalue weighted by molar-refractivity contribution is 5.94. The fraction of sp³-hybridized carbons (Fsp3) is 0.200. The predicted molar refractivity (Wildman–Crippen MR) is 116 cm³/mol. The van der Waals surface area contributed by atoms with E-state index in [0.717, 1.165) is 23.1 Å². The Hall–Kier alpha value is -3.36. The zero-order valence-electron chi connectivity index (χ0n) is 17.4. The van der Waals surface area contributed by atoms with Crippen molar-refractivity contribution in [2.75, 3.05) is 13.2 Å². The van der Waals surface area contributed by atoms with E-state index in [1.807, 2.05) is 12.1 Å². The zero-order valence-corrected chi connectivity index (χ0v) is 17.4. The lowest BCUT2D eigenvalue weighted by atomic mass is 10.1. The Balaban J connectivity index is 1.25. The van der Waals surface area contributed by atoms with Crippen molar-refractivity contribution in [3.63, 3.8) is 0 Å². The first-order valence-corrected chi connectivity index (χ1v) is 10.2. The van der Waals surface area contributed by atoms with Crippen molar-refractivity contribution >= 4 is 10.8 Å². The number of nitrogens with one attached hydrogen (secondary N) is 1. The molecule has 4 rings (SSSR count). The summed E-state index contributed by atoms with van der Waals surface area (Å²) in [4.78, 5) is 0. The third-order valence-corrected chi connectivity index (χ3v) is 5.11. The van der Waals surface area contributed by atoms with E-state index in [4.69, 9.17) is 9.15 Å². The monoisotopic (exact) mass is 459 g/mol. The Morgan fingerprint density at radius 3 is 2.39 bits per heavy atom. The van der Waals surface area contributed by atoms with Gasteiger partial charge in [0.15, 0.2) is 0 Å². The van der Waals surface area contributed by atoms with Crippen LogP contribution >= 0.6 is 0 Å². The maximum Gasteiger partial charge on any atom is 0.416 e. The number of fused-ring (bicyclic) bond motifs is 1. The highest BCUT2D eigenvalue weighted by Gasteiger charge is 2.29. The maximum atomic E-state index is 13.3. The highest BCUT2D eigenvalue weighted by atomic mass is 19.4. The summed E-state index contributed by atoms with van der Waals surface area (Å²) in [6.07, 6.45) is -3.65. The minimum Gasteiger partial charge on any atom is -0.491 e. The third kappa shape index (κ3) is 5.71. The normalized spacial score (nSPS) is 12.8. The smallest absolute Gasteiger partial charge is 0.416 e. The lowest BCUT2D eigenvalue weighted by Gasteiger charge is -2.14. The SMILES string of the molecule is O[C@H](CNCc1ccc(C(F)(F)F)cc1)COc1ccc(-c2occ3cc(F)ccc23)cc1. The Kier molecular flexibility index (Phi) is 6.67. The van der Waals surface area contributed by atoms with E-state index in [9.17, 15) is 22.7 Å². The van der Waals surface area contributed by atoms with Gasteiger partial charge in [-0.15, -0.1) is 0 Å². The average Bonchev–Trinajstić information content (AvgIpc) is 3.21. The maximum absolute atomic E-state index is 13.3. The Labute approximate surface area is 187 Å². The lowest BCUT2D eigenvalue weighted by Crippen LogP contribution is -2.31. The fourth-order valence-corrected chi connectivity index (χ4v) is 3.40. The molecule has 1 atom stereocenters. The van der Waals surface area contributed by atoms with Gasteiger partial charge in [0.2, 0.25) is 0 Å². The molecule has 0 spiro atoms. The van der Waals surface area contributed by atoms with Crippen LogP contribution in [-0.2, 0) is 12.7 Å². The molecule has 0 aliphatic rings. The van der Waals surface area contributed by atoms with Gasteiger partial charge in [-0.05, 0) is 60.2 Å². The number of furan rings is 1. The van der Waals surface area contributed by atoms with Gasteiger partial charge in [0.25, 0.3) is 0 Å². The number of hydrogen-bond acceptors (Lipinski definition) is 4. The highest BCUT2D eigenvalue weighted by Crippen LogP contribution is 2.32. The van der Waals surface area contributed by atoms with Crippen molar-refractivity contribution in [1.29, 1.82) is 0 Å². The van der Waals surface area contributed by atoms with Crippen LogP contribution < -0.4 is 10.1 Å². The number of halogens is 4. The summed E-state index contributed by atoms with van der Waals surface area (Å²) in [5.41, 5.74) is 0.794. The van der Waals surface area contributed by atoms with Crippen LogP contribution in [0.25, 0.3) is 22.1 Å². The van der Waals surface area contributed by atoms with Crippen LogP contribution in [-0.4, -0.2) is 24.4 Å². The van der Waals surface area contributed by atoms with Gasteiger partial charge in [-0.3, -0.25) is 0 Å². The Bertz CT molecular complexity index is 1200. The van der Waals surface area contributed by atoms with E-state index < -0.39 is 17.8 Å². The van der Waals surface area contributed by atoms with Gasteiger partial charge >= 0.3 is 6.18 Å². The van der Waals surface area contributed by atoms with E-state index in [-0.39, 0.29) is 19.0 Å². The molecule has 1 heterocycles. The molecular weight excluding hydrogens is 438 g/mol. The first-order valence-electron chi connectivity index (χ1n) is 10.2. The molecule has 8 heteroatoms. The number of ether oxygens (including phenoxy) is 1. The second-order valence-corrected chi connectivity index (χ2v) is 7.61. The van der Waals surface area contributed by atoms with Crippen molar-refractivity contribution in [2.24, 2.45) is 0 Å². The molecule has 172 valence electrons. The molecule has 0 fully saturated rings. The van der Waals surface area contributed by atoms with Gasteiger partial charge in [0.1, 0.15) is 30.0 Å². The number of hydrogen-bond donors (Lipinski definition) is 2. The van der Waals surface area contributed by atoms with Gasteiger partial charge in [-0.25, -0.2) is 4.39 Å². The predicted octanol–water partition coefficient (Wildman–Crippen LogP) is 5.79. The standard InChI is InChI=1S/C25H21F4NO3/c26-20-7-10-23-18(11-20)14-33-24(23)17-3-8-22(9-4-17)32-15-21(31)13-30-12-16-1-5-19(6-2-16)25(27,28)29/h1-11,14,21,30-31H,12-13,15H2/t21-/m1/s1. The van der Waals surface area contributed by atoms with Crippen molar-refractivity contribution < 1.29 is 31.8 Å². The number of alkyl halides is 3. The van der Waals surface area contributed by atoms with Crippen LogP contribution in [0.4, 0.5) is 17.6 Å². The third-order valence-electron chi connectivity index (χ3n) is 5.11. The van der Waals surface area contributed by atoms with Crippen molar-refractivity contribution in [2.45, 2.75) is 18.8 Å². The summed E-state index contributed by atoms with van der Waals surface area (Å²) in [7, 11) is 0. The molecule has 0 saturated heterocycles. The van der Waals surface area contributed by atoms with Crippen LogP contribution in [0.2, 0.25) is 0 Å². The number of rotatable bonds is 8. The van der Waals surface area contributed by atoms with Crippen LogP contribution in [0.15, 0.2) is 77.4 Å². The zero-order chi connectivity index (χ0) is 23.4. The second kappa shape index (κ2) is 9.64. The van der Waals surface area contributed by atoms with Crippen molar-refractivity contribution in [3.8, 4) is 17.1 Å². The largest absolute Gasteiger partial charge is 0.491 e. The quantitative estimate of drug-likeness (QED) is 0.328. The molecule has 33 heavy (non-hydrogen) atoms. The summed E-state index contributed by atoms with van der Waals surface area (Å²) in [5, 5.41) is 14.6. The molecule has 0 unspecified atom stereocenters. The molecule has 2 N–H and O–H groups in total. The summed E-state index contributed by atoms with van der Waals surface area (Å²) in [6, 6.07) is 16.4. The van der Waals surface area contributed by atoms with Crippen LogP contribution in [0, 0.1) is 5.82 Å². The van der Waals surface area contributed by atoms with Crippen molar-refractivity contribution in [3.05, 3.63) is 89.9 Å². The molecule has 0 aliphatic carbocycles. The molecule has 0 saturated carbocycles. The van der Waals surface area contributed by atoms with Gasteiger partial charge in [0, 0.05) is 29.4 Å². The molecule has 0 bridgehead atoms. The summed E-state index contributed by atoms with van der Waals surface area (Å²) in [5.74, 6) is 0.859. The Morgan fingerprint density at radius 2 is 1.70 bits per heavy atom. The van der Waals surface area contributed by atoms with E-state index in [0.29, 0.717) is 29.0 Å². The molecule has 4 aromatic rings. The Morgan fingerprint density at radius 1 is 0.970 bits per heavy atom. The van der Waals surface area contributed by atoms with Gasteiger partial charge in [-0.2, -0.15) is 13.2 Å². The van der Waals surface area contributed by atoms with Gasteiger partial charge in [-0.1, -0.05) is 12.1 Å². The number of aliphatic hydroxyl groups excluding tert-OH is 1. The fourth-order valence-electron chi connectivity index (χ4n) is 3.40. The summed E-state index contributed by atoms with van der Waals surface area (Å²) >= 11 is 0. The first kappa shape index (κ1) is 22.8. The summed E-state index contributed by atoms with van der Waals surface area (Å²) in [6.45, 7) is 0.585. The van der Waals surface area contributed by atoms with Gasteiger partial charge in [0.05, 0.1) is 11.8 Å². The van der Waals surface area contributed by atoms with E-state index >= 15 is 0 Å². The minimum atomic E-state index is -4.36. The molecule has 0 radical (unpaired) electrons. The van der Waals surface area contributed by atoms with E-state index in [1.165, 1.54) is 30.5 Å². The number of benzene rings is 3. The van der Waals surface area contributed by atoms with Gasteiger partial charge < -0.3 is 19.6 Å². The van der Waals surface area contributed by atoms with Crippen LogP contribution in [0.3, 0.4) is 0 Å². The van der Waals surface area contributed by atoms with Crippen LogP contribution in [0.1, 0.15) is 11.1 Å². The second-order valence-electron chi connectivity index (χ2n) is 7.61. The minimum absolute atomic E-state index is 0.0440. The molecular formula is C25H21F4NO3. The lowest BCUT2D eigenvalue weighted by molar-refractivity contribution is -0.137. The van der Waals surface area contributed by atoms with E-state index in [2.05, 4.69) is 5.32 Å². The topological polar surface area (TPSA) is 54.6 Å². The van der Waals surface area contributed by atoms with Crippen molar-refractivity contribution in [1.82, 2.24) is 5.32 Å². The molecule has 0 aliphatic heterocycles. The molecule has 4 nitrogen and oxygen atoms in total. The average molecular weight is 459 g/mol. The van der Waals surface area contributed by atoms with E-state index in [1.54, 1.807) is 18.2 Å². The molecule has 0 amide bonds. The summed E-state index contributed by atoms with van der Waals surface area (Å²) < 4.78 is 62.3. The molecule has 1 aromatic heterocycles. The van der Waals surface area contributed by atoms with Crippen LogP contribution in [0.5, 0.6) is 5.75 Å². The first-order chi connectivity index (χ1) is 15.8. The molecule has 3 aromatic carbocycles.